The molecule has 0 amide bonds. The third-order valence-corrected chi connectivity index (χ3v) is 16.0. The first kappa shape index (κ1) is 65.4. The Morgan fingerprint density at radius 2 is 1.26 bits per heavy atom. The minimum Gasteiger partial charge on any atom is -0.409 e. The van der Waals surface area contributed by atoms with E-state index in [4.69, 9.17) is 43.5 Å². The van der Waals surface area contributed by atoms with Gasteiger partial charge in [0.2, 0.25) is 9.92 Å². The summed E-state index contributed by atoms with van der Waals surface area (Å²) in [6, 6.07) is 18.3. The number of likely N-dealkylation sites (N-methyl/N-ethyl adjacent to an activating group) is 1. The maximum atomic E-state index is 5.87. The highest BCUT2D eigenvalue weighted by molar-refractivity contribution is 6.30. The second-order valence-corrected chi connectivity index (χ2v) is 21.7. The van der Waals surface area contributed by atoms with Crippen LogP contribution in [0.5, 0.6) is 0 Å². The van der Waals surface area contributed by atoms with Gasteiger partial charge in [0.05, 0.1) is 42.2 Å². The van der Waals surface area contributed by atoms with Gasteiger partial charge in [-0.25, -0.2) is 48.9 Å². The van der Waals surface area contributed by atoms with Crippen molar-refractivity contribution in [1.82, 2.24) is 15.3 Å². The van der Waals surface area contributed by atoms with E-state index in [2.05, 4.69) is 92.4 Å². The molecule has 73 heavy (non-hydrogen) atoms. The predicted molar refractivity (Wildman–Crippen MR) is 299 cm³/mol. The summed E-state index contributed by atoms with van der Waals surface area (Å²) in [6.45, 7) is 18.4. The van der Waals surface area contributed by atoms with Gasteiger partial charge >= 0.3 is 0 Å². The molecule has 4 fully saturated rings. The summed E-state index contributed by atoms with van der Waals surface area (Å²) in [6.07, 6.45) is 26.8. The number of unbranched alkanes of at least 4 members (excludes halogenated alkanes) is 8. The van der Waals surface area contributed by atoms with E-state index < -0.39 is 9.92 Å². The molecule has 0 aromatic heterocycles. The Hall–Kier alpha value is -1.89. The number of rotatable bonds is 37. The smallest absolute Gasteiger partial charge is 0.237 e. The van der Waals surface area contributed by atoms with Crippen molar-refractivity contribution in [3.63, 3.8) is 0 Å². The quantitative estimate of drug-likeness (QED) is 0.0167. The normalized spacial score (nSPS) is 23.3. The van der Waals surface area contributed by atoms with Crippen molar-refractivity contribution < 1.29 is 53.3 Å². The van der Waals surface area contributed by atoms with Crippen molar-refractivity contribution in [1.29, 1.82) is 0 Å². The Balaban J connectivity index is 0.000000352. The molecule has 0 bridgehead atoms. The monoisotopic (exact) mass is 1060 g/mol. The van der Waals surface area contributed by atoms with E-state index in [1.54, 1.807) is 0 Å². The standard InChI is InChI=1S/C31H46N2O4Si.C19H42N2O5Si.C4H10O2.C2H6/c1-23-12-14-24(15-13-23)21-25-16-18-27(19-17-25)32-22-34-35-28-9-5-8-26(28)7-3-4-11-30-31(37-36-30)20-6-10-29(31)33-38-2;1-3-25-27-21-17-24-22-15-10-8-6-4-5-7-9-11-16-23-26-19-14-12-13-18(19)20-2;1-3-5-6-4-2;1-2/h12-19,26,28-30,32-33H,3-11,20-22,38H2,1-2H3;18-21H,3-17,27H2,1-2H3;3-4H2,1-2H3;1-2H3. The number of hydrogen-bond donors (Lipinski definition) is 4. The van der Waals surface area contributed by atoms with Crippen molar-refractivity contribution in [3.8, 4) is 0 Å². The Morgan fingerprint density at radius 1 is 0.630 bits per heavy atom. The van der Waals surface area contributed by atoms with Crippen molar-refractivity contribution >= 4 is 25.3 Å². The largest absolute Gasteiger partial charge is 0.409 e. The third kappa shape index (κ3) is 27.3. The van der Waals surface area contributed by atoms with Gasteiger partial charge in [0, 0.05) is 24.4 Å². The van der Waals surface area contributed by atoms with Gasteiger partial charge < -0.3 is 20.0 Å². The highest BCUT2D eigenvalue weighted by Crippen LogP contribution is 2.46. The summed E-state index contributed by atoms with van der Waals surface area (Å²) >= 11 is 0. The van der Waals surface area contributed by atoms with E-state index in [9.17, 15) is 0 Å². The fraction of sp³-hybridized carbons (Fsp3) is 0.786. The molecule has 6 rings (SSSR count). The van der Waals surface area contributed by atoms with Gasteiger partial charge in [-0.1, -0.05) is 120 Å². The van der Waals surface area contributed by atoms with Crippen LogP contribution < -0.4 is 20.6 Å². The van der Waals surface area contributed by atoms with Crippen LogP contribution in [0.2, 0.25) is 6.55 Å². The molecule has 422 valence electrons. The predicted octanol–water partition coefficient (Wildman–Crippen LogP) is 10.7. The zero-order valence-corrected chi connectivity index (χ0v) is 49.8. The molecule has 3 saturated carbocycles. The van der Waals surface area contributed by atoms with Crippen LogP contribution in [0.25, 0.3) is 0 Å². The number of hydrogen-bond acceptors (Lipinski definition) is 15. The molecule has 4 N–H and O–H groups in total. The fourth-order valence-electron chi connectivity index (χ4n) is 10.1. The molecule has 2 aromatic carbocycles. The Labute approximate surface area is 447 Å². The minimum atomic E-state index is -0.631. The minimum absolute atomic E-state index is 0.0374. The van der Waals surface area contributed by atoms with Crippen LogP contribution in [0, 0.1) is 12.8 Å². The van der Waals surface area contributed by atoms with Gasteiger partial charge in [0.15, 0.2) is 6.73 Å². The lowest BCUT2D eigenvalue weighted by molar-refractivity contribution is -0.512. The number of benzene rings is 2. The van der Waals surface area contributed by atoms with Crippen LogP contribution in [0.3, 0.4) is 0 Å². The first-order valence-corrected chi connectivity index (χ1v) is 32.3. The lowest BCUT2D eigenvalue weighted by Gasteiger charge is -2.48. The summed E-state index contributed by atoms with van der Waals surface area (Å²) in [5, 5.41) is 6.62. The molecule has 7 atom stereocenters. The first-order chi connectivity index (χ1) is 36.0. The van der Waals surface area contributed by atoms with Crippen LogP contribution >= 0.6 is 0 Å². The summed E-state index contributed by atoms with van der Waals surface area (Å²) in [5.74, 6) is 0.593. The van der Waals surface area contributed by atoms with Crippen LogP contribution in [0.15, 0.2) is 48.5 Å². The molecule has 1 aliphatic heterocycles. The molecule has 3 aliphatic carbocycles. The van der Waals surface area contributed by atoms with E-state index in [0.717, 1.165) is 57.2 Å². The maximum Gasteiger partial charge on any atom is 0.237 e. The highest BCUT2D eigenvalue weighted by atomic mass is 28.2. The lowest BCUT2D eigenvalue weighted by Crippen LogP contribution is -2.64. The molecular formula is C56H104N4O11Si2. The molecular weight excluding hydrogens is 961 g/mol. The van der Waals surface area contributed by atoms with Gasteiger partial charge in [-0.2, -0.15) is 0 Å². The van der Waals surface area contributed by atoms with E-state index in [0.29, 0.717) is 57.9 Å². The molecule has 2 aromatic rings. The summed E-state index contributed by atoms with van der Waals surface area (Å²) in [4.78, 5) is 59.7. The molecule has 4 aliphatic rings. The van der Waals surface area contributed by atoms with Gasteiger partial charge in [0.25, 0.3) is 0 Å². The second-order valence-electron chi connectivity index (χ2n) is 19.4. The Bertz CT molecular complexity index is 1560. The fourth-order valence-corrected chi connectivity index (χ4v) is 11.6. The number of aryl methyl sites for hydroxylation is 1. The van der Waals surface area contributed by atoms with Gasteiger partial charge in [-0.3, -0.25) is 4.98 Å². The van der Waals surface area contributed by atoms with Crippen molar-refractivity contribution in [2.75, 3.05) is 58.9 Å². The lowest BCUT2D eigenvalue weighted by atomic mass is 9.86. The summed E-state index contributed by atoms with van der Waals surface area (Å²) < 4.78 is 5.26. The average molecular weight is 1070 g/mol. The topological polar surface area (TPSA) is 150 Å². The Morgan fingerprint density at radius 3 is 1.90 bits per heavy atom. The average Bonchev–Trinajstić information content (AvgIpc) is 4.19. The van der Waals surface area contributed by atoms with E-state index in [1.165, 1.54) is 113 Å². The zero-order valence-electron chi connectivity index (χ0n) is 47.0. The summed E-state index contributed by atoms with van der Waals surface area (Å²) in [7, 11) is 1.19. The Kier molecular flexibility index (Phi) is 38.6. The van der Waals surface area contributed by atoms with Crippen LogP contribution in [0.1, 0.15) is 186 Å². The molecule has 7 unspecified atom stereocenters. The second kappa shape index (κ2) is 43.1. The first-order valence-electron chi connectivity index (χ1n) is 28.9. The highest BCUT2D eigenvalue weighted by Gasteiger charge is 2.58. The van der Waals surface area contributed by atoms with Gasteiger partial charge in [-0.05, 0) is 147 Å². The molecule has 1 heterocycles. The zero-order chi connectivity index (χ0) is 52.5. The van der Waals surface area contributed by atoms with Gasteiger partial charge in [0.1, 0.15) is 24.5 Å². The summed E-state index contributed by atoms with van der Waals surface area (Å²) in [5.41, 5.74) is 4.95. The SMILES string of the molecule is CC.CCOOCC.CCO[SiH2]NCOOCCCCCCCCCCOOC1CCCC1NC.C[SiH2]NC1CCCC12OOC2CCCCC1CCCC1OOCNc1ccc(Cc2ccc(C)cc2)cc1. The molecule has 0 radical (unpaired) electrons. The molecule has 17 heteroatoms. The van der Waals surface area contributed by atoms with E-state index >= 15 is 0 Å². The number of nitrogens with one attached hydrogen (secondary N) is 4. The van der Waals surface area contributed by atoms with Crippen molar-refractivity contribution in [2.45, 2.75) is 225 Å². The van der Waals surface area contributed by atoms with Crippen LogP contribution in [0.4, 0.5) is 5.69 Å². The third-order valence-electron chi connectivity index (χ3n) is 14.0. The number of anilines is 1. The van der Waals surface area contributed by atoms with E-state index in [1.807, 2.05) is 41.7 Å². The maximum absolute atomic E-state index is 5.87. The van der Waals surface area contributed by atoms with Gasteiger partial charge in [-0.15, -0.1) is 0 Å². The van der Waals surface area contributed by atoms with Crippen LogP contribution in [-0.4, -0.2) is 109 Å². The van der Waals surface area contributed by atoms with Crippen molar-refractivity contribution in [2.24, 2.45) is 5.92 Å². The van der Waals surface area contributed by atoms with E-state index in [-0.39, 0.29) is 33.6 Å². The molecule has 1 saturated heterocycles. The van der Waals surface area contributed by atoms with Crippen LogP contribution in [-0.2, 0) is 59.7 Å². The van der Waals surface area contributed by atoms with Crippen molar-refractivity contribution in [3.05, 3.63) is 65.2 Å². The molecule has 1 spiro atoms. The molecule has 15 nitrogen and oxygen atoms in total.